The molecule has 0 saturated carbocycles. The molecule has 44 valence electrons. The molecule has 0 saturated heterocycles. The zero-order chi connectivity index (χ0) is 6.15. The minimum Gasteiger partial charge on any atom is -0.355 e. The Hall–Kier alpha value is 0.240. The fraction of sp³-hybridized carbons (Fsp3) is 0.200. The van der Waals surface area contributed by atoms with Gasteiger partial charge in [0, 0.05) is 28.4 Å². The Morgan fingerprint density at radius 3 is 1.75 bits per heavy atom. The lowest BCUT2D eigenvalue weighted by molar-refractivity contribution is 0.925. The second kappa shape index (κ2) is 2.23. The highest BCUT2D eigenvalue weighted by Crippen LogP contribution is 2.22. The van der Waals surface area contributed by atoms with Crippen molar-refractivity contribution in [1.82, 2.24) is 4.57 Å². The molecule has 0 radical (unpaired) electrons. The summed E-state index contributed by atoms with van der Waals surface area (Å²) < 4.78 is 4.17. The van der Waals surface area contributed by atoms with Gasteiger partial charge in [0.15, 0.2) is 0 Å². The zero-order valence-electron chi connectivity index (χ0n) is 4.36. The first kappa shape index (κ1) is 6.36. The number of aryl methyl sites for hydroxylation is 1. The summed E-state index contributed by atoms with van der Waals surface area (Å²) in [6.45, 7) is 0. The van der Waals surface area contributed by atoms with Crippen molar-refractivity contribution in [3.63, 3.8) is 0 Å². The van der Waals surface area contributed by atoms with Gasteiger partial charge in [-0.3, -0.25) is 0 Å². The van der Waals surface area contributed by atoms with Gasteiger partial charge in [0.25, 0.3) is 0 Å². The Kier molecular flexibility index (Phi) is 1.77. The summed E-state index contributed by atoms with van der Waals surface area (Å²) in [4.78, 5) is 0. The normalized spacial score (nSPS) is 9.88. The van der Waals surface area contributed by atoms with Gasteiger partial charge in [-0.05, 0) is 31.9 Å². The summed E-state index contributed by atoms with van der Waals surface area (Å²) in [6, 6.07) is 0. The third-order valence-corrected chi connectivity index (χ3v) is 2.66. The third-order valence-electron chi connectivity index (χ3n) is 0.862. The van der Waals surface area contributed by atoms with Crippen LogP contribution in [0.2, 0.25) is 0 Å². The van der Waals surface area contributed by atoms with Crippen molar-refractivity contribution < 1.29 is 0 Å². The first-order valence-corrected chi connectivity index (χ1v) is 3.75. The van der Waals surface area contributed by atoms with E-state index in [2.05, 4.69) is 31.9 Å². The van der Waals surface area contributed by atoms with E-state index in [9.17, 15) is 0 Å². The topological polar surface area (TPSA) is 4.93 Å². The Morgan fingerprint density at radius 1 is 1.25 bits per heavy atom. The molecule has 1 heterocycles. The molecule has 0 fully saturated rings. The van der Waals surface area contributed by atoms with Gasteiger partial charge in [0.05, 0.1) is 0 Å². The lowest BCUT2D eigenvalue weighted by Crippen LogP contribution is -1.76. The van der Waals surface area contributed by atoms with E-state index in [-0.39, 0.29) is 0 Å². The SMILES string of the molecule is Cn1cc(Br)c(Br)c1. The summed E-state index contributed by atoms with van der Waals surface area (Å²) in [7, 11) is 1.98. The molecule has 1 aromatic rings. The van der Waals surface area contributed by atoms with Crippen LogP contribution in [-0.2, 0) is 7.05 Å². The van der Waals surface area contributed by atoms with Crippen molar-refractivity contribution >= 4 is 31.9 Å². The van der Waals surface area contributed by atoms with Gasteiger partial charge in [-0.15, -0.1) is 0 Å². The lowest BCUT2D eigenvalue weighted by Gasteiger charge is -1.80. The molecule has 1 nitrogen and oxygen atoms in total. The number of aromatic nitrogens is 1. The molecule has 8 heavy (non-hydrogen) atoms. The molecule has 0 unspecified atom stereocenters. The van der Waals surface area contributed by atoms with Crippen LogP contribution in [-0.4, -0.2) is 4.57 Å². The van der Waals surface area contributed by atoms with E-state index in [4.69, 9.17) is 0 Å². The Morgan fingerprint density at radius 2 is 1.62 bits per heavy atom. The van der Waals surface area contributed by atoms with Gasteiger partial charge < -0.3 is 4.57 Å². The second-order valence-corrected chi connectivity index (χ2v) is 3.33. The van der Waals surface area contributed by atoms with E-state index in [1.807, 2.05) is 24.0 Å². The van der Waals surface area contributed by atoms with Gasteiger partial charge in [0.2, 0.25) is 0 Å². The van der Waals surface area contributed by atoms with Crippen molar-refractivity contribution in [2.45, 2.75) is 0 Å². The van der Waals surface area contributed by atoms with Gasteiger partial charge >= 0.3 is 0 Å². The maximum atomic E-state index is 3.35. The van der Waals surface area contributed by atoms with Crippen LogP contribution in [0.4, 0.5) is 0 Å². The zero-order valence-corrected chi connectivity index (χ0v) is 7.53. The highest BCUT2D eigenvalue weighted by atomic mass is 79.9. The fourth-order valence-electron chi connectivity index (χ4n) is 0.518. The standard InChI is InChI=1S/C5H5Br2N/c1-8-2-4(6)5(7)3-8/h2-3H,1H3. The molecule has 1 rings (SSSR count). The van der Waals surface area contributed by atoms with Crippen LogP contribution in [0.5, 0.6) is 0 Å². The predicted molar refractivity (Wildman–Crippen MR) is 40.8 cm³/mol. The van der Waals surface area contributed by atoms with Gasteiger partial charge in [-0.1, -0.05) is 0 Å². The van der Waals surface area contributed by atoms with Crippen molar-refractivity contribution in [1.29, 1.82) is 0 Å². The van der Waals surface area contributed by atoms with Crippen molar-refractivity contribution in [2.24, 2.45) is 7.05 Å². The van der Waals surface area contributed by atoms with E-state index < -0.39 is 0 Å². The minimum atomic E-state index is 1.10. The van der Waals surface area contributed by atoms with E-state index >= 15 is 0 Å². The van der Waals surface area contributed by atoms with E-state index in [0.29, 0.717) is 0 Å². The average Bonchev–Trinajstić information content (AvgIpc) is 1.85. The van der Waals surface area contributed by atoms with Gasteiger partial charge in [-0.25, -0.2) is 0 Å². The third kappa shape index (κ3) is 1.14. The molecule has 0 aliphatic heterocycles. The number of nitrogens with zero attached hydrogens (tertiary/aromatic N) is 1. The van der Waals surface area contributed by atoms with Crippen LogP contribution >= 0.6 is 31.9 Å². The van der Waals surface area contributed by atoms with E-state index in [1.165, 1.54) is 0 Å². The molecule has 3 heteroatoms. The molecule has 0 atom stereocenters. The quantitative estimate of drug-likeness (QED) is 0.655. The monoisotopic (exact) mass is 237 g/mol. The van der Waals surface area contributed by atoms with E-state index in [1.54, 1.807) is 0 Å². The molecular formula is C5H5Br2N. The van der Waals surface area contributed by atoms with Crippen LogP contribution in [0.15, 0.2) is 21.3 Å². The lowest BCUT2D eigenvalue weighted by atomic mass is 10.7. The van der Waals surface area contributed by atoms with E-state index in [0.717, 1.165) is 8.95 Å². The summed E-state index contributed by atoms with van der Waals surface area (Å²) in [5.74, 6) is 0. The fourth-order valence-corrected chi connectivity index (χ4v) is 1.37. The van der Waals surface area contributed by atoms with Crippen LogP contribution in [0, 0.1) is 0 Å². The number of hydrogen-bond acceptors (Lipinski definition) is 0. The maximum absolute atomic E-state index is 3.35. The predicted octanol–water partition coefficient (Wildman–Crippen LogP) is 2.55. The van der Waals surface area contributed by atoms with Crippen LogP contribution in [0.3, 0.4) is 0 Å². The molecule has 1 aromatic heterocycles. The Bertz CT molecular complexity index is 173. The van der Waals surface area contributed by atoms with Crippen molar-refractivity contribution in [2.75, 3.05) is 0 Å². The molecule has 0 aromatic carbocycles. The molecule has 0 aliphatic carbocycles. The Balaban J connectivity index is 3.14. The summed E-state index contributed by atoms with van der Waals surface area (Å²) >= 11 is 6.70. The molecule has 0 amide bonds. The molecular weight excluding hydrogens is 234 g/mol. The molecule has 0 N–H and O–H groups in total. The highest BCUT2D eigenvalue weighted by molar-refractivity contribution is 9.13. The van der Waals surface area contributed by atoms with Crippen molar-refractivity contribution in [3.05, 3.63) is 21.3 Å². The number of rotatable bonds is 0. The van der Waals surface area contributed by atoms with Crippen LogP contribution in [0.25, 0.3) is 0 Å². The van der Waals surface area contributed by atoms with Crippen molar-refractivity contribution in [3.8, 4) is 0 Å². The maximum Gasteiger partial charge on any atom is 0.0494 e. The second-order valence-electron chi connectivity index (χ2n) is 1.62. The number of hydrogen-bond donors (Lipinski definition) is 0. The molecule has 0 aliphatic rings. The minimum absolute atomic E-state index is 1.10. The highest BCUT2D eigenvalue weighted by Gasteiger charge is 1.94. The van der Waals surface area contributed by atoms with Crippen LogP contribution in [0.1, 0.15) is 0 Å². The first-order chi connectivity index (χ1) is 3.70. The van der Waals surface area contributed by atoms with Gasteiger partial charge in [0.1, 0.15) is 0 Å². The summed E-state index contributed by atoms with van der Waals surface area (Å²) in [6.07, 6.45) is 3.98. The smallest absolute Gasteiger partial charge is 0.0494 e. The molecule has 0 bridgehead atoms. The van der Waals surface area contributed by atoms with Gasteiger partial charge in [-0.2, -0.15) is 0 Å². The molecule has 0 spiro atoms. The largest absolute Gasteiger partial charge is 0.355 e. The summed E-state index contributed by atoms with van der Waals surface area (Å²) in [5, 5.41) is 0. The number of halogens is 2. The summed E-state index contributed by atoms with van der Waals surface area (Å²) in [5.41, 5.74) is 0. The average molecular weight is 239 g/mol. The first-order valence-electron chi connectivity index (χ1n) is 2.17. The van der Waals surface area contributed by atoms with Crippen LogP contribution < -0.4 is 0 Å². The Labute approximate surface area is 65.0 Å².